The summed E-state index contributed by atoms with van der Waals surface area (Å²) in [7, 11) is 1.63. The minimum absolute atomic E-state index is 0.0622. The fourth-order valence-electron chi connectivity index (χ4n) is 3.74. The first-order valence-electron chi connectivity index (χ1n) is 9.30. The second-order valence-electron chi connectivity index (χ2n) is 7.09. The molecule has 0 radical (unpaired) electrons. The van der Waals surface area contributed by atoms with Crippen molar-refractivity contribution in [3.63, 3.8) is 0 Å². The van der Waals surface area contributed by atoms with Gasteiger partial charge in [-0.15, -0.1) is 5.10 Å². The van der Waals surface area contributed by atoms with Gasteiger partial charge in [-0.05, 0) is 54.3 Å². The van der Waals surface area contributed by atoms with E-state index in [0.29, 0.717) is 35.0 Å². The molecule has 0 amide bonds. The predicted molar refractivity (Wildman–Crippen MR) is 110 cm³/mol. The molecular weight excluding hydrogens is 388 g/mol. The lowest BCUT2D eigenvalue weighted by molar-refractivity contribution is 0.0962. The molecule has 0 spiro atoms. The van der Waals surface area contributed by atoms with Crippen LogP contribution in [0.4, 0.5) is 0 Å². The van der Waals surface area contributed by atoms with Crippen LogP contribution in [0.25, 0.3) is 17.2 Å². The quantitative estimate of drug-likeness (QED) is 0.507. The highest BCUT2D eigenvalue weighted by Crippen LogP contribution is 2.33. The van der Waals surface area contributed by atoms with Crippen LogP contribution >= 0.6 is 11.6 Å². The van der Waals surface area contributed by atoms with Crippen LogP contribution < -0.4 is 4.74 Å². The first-order chi connectivity index (χ1) is 14.1. The van der Waals surface area contributed by atoms with Crippen molar-refractivity contribution in [2.45, 2.75) is 18.8 Å². The summed E-state index contributed by atoms with van der Waals surface area (Å²) in [6, 6.07) is 15.2. The largest absolute Gasteiger partial charge is 0.497 e. The summed E-state index contributed by atoms with van der Waals surface area (Å²) in [5.74, 6) is 1.93. The van der Waals surface area contributed by atoms with Crippen molar-refractivity contribution >= 4 is 23.2 Å². The van der Waals surface area contributed by atoms with Gasteiger partial charge < -0.3 is 4.74 Å². The maximum absolute atomic E-state index is 12.8. The van der Waals surface area contributed by atoms with Crippen LogP contribution in [0.2, 0.25) is 5.02 Å². The lowest BCUT2D eigenvalue weighted by Crippen LogP contribution is -2.21. The number of halogens is 1. The molecule has 7 heteroatoms. The third-order valence-electron chi connectivity index (χ3n) is 5.25. The standard InChI is InChI=1S/C22H17ClN4O2/c1-29-17-7-5-13(6-8-17)21-25-22-24-19-10-15(14-3-2-4-16(23)9-14)11-20(28)18(19)12-27(22)26-21/h2-9,12,15H,10-11H2,1H3/t15-/m1/s1. The first-order valence-corrected chi connectivity index (χ1v) is 9.68. The Hall–Kier alpha value is -3.25. The van der Waals surface area contributed by atoms with Gasteiger partial charge in [0, 0.05) is 23.2 Å². The molecule has 0 saturated heterocycles. The molecule has 29 heavy (non-hydrogen) atoms. The lowest BCUT2D eigenvalue weighted by atomic mass is 9.82. The van der Waals surface area contributed by atoms with Gasteiger partial charge >= 0.3 is 0 Å². The highest BCUT2D eigenvalue weighted by molar-refractivity contribution is 6.30. The van der Waals surface area contributed by atoms with Gasteiger partial charge in [0.25, 0.3) is 5.78 Å². The molecule has 144 valence electrons. The summed E-state index contributed by atoms with van der Waals surface area (Å²) in [4.78, 5) is 22.0. The van der Waals surface area contributed by atoms with E-state index in [-0.39, 0.29) is 11.7 Å². The van der Waals surface area contributed by atoms with Gasteiger partial charge in [-0.3, -0.25) is 4.79 Å². The summed E-state index contributed by atoms with van der Waals surface area (Å²) >= 11 is 6.13. The Morgan fingerprint density at radius 3 is 2.69 bits per heavy atom. The van der Waals surface area contributed by atoms with Crippen molar-refractivity contribution in [2.24, 2.45) is 0 Å². The van der Waals surface area contributed by atoms with Crippen LogP contribution in [0.1, 0.15) is 34.0 Å². The zero-order valence-corrected chi connectivity index (χ0v) is 16.4. The number of methoxy groups -OCH3 is 1. The van der Waals surface area contributed by atoms with E-state index in [0.717, 1.165) is 22.6 Å². The first kappa shape index (κ1) is 17.8. The number of aromatic nitrogens is 4. The van der Waals surface area contributed by atoms with Crippen molar-refractivity contribution in [1.82, 2.24) is 19.6 Å². The van der Waals surface area contributed by atoms with E-state index < -0.39 is 0 Å². The Bertz CT molecular complexity index is 1230. The summed E-state index contributed by atoms with van der Waals surface area (Å²) in [6.07, 6.45) is 2.84. The second-order valence-corrected chi connectivity index (χ2v) is 7.53. The summed E-state index contributed by atoms with van der Waals surface area (Å²) in [5.41, 5.74) is 3.28. The van der Waals surface area contributed by atoms with E-state index in [1.54, 1.807) is 17.8 Å². The summed E-state index contributed by atoms with van der Waals surface area (Å²) < 4.78 is 6.77. The molecule has 0 bridgehead atoms. The van der Waals surface area contributed by atoms with E-state index in [9.17, 15) is 4.79 Å². The van der Waals surface area contributed by atoms with Crippen molar-refractivity contribution in [2.75, 3.05) is 7.11 Å². The Morgan fingerprint density at radius 2 is 1.93 bits per heavy atom. The number of Topliss-reactive ketones (excluding diaryl/α,β-unsaturated/α-hetero) is 1. The molecule has 2 aromatic heterocycles. The van der Waals surface area contributed by atoms with Crippen molar-refractivity contribution in [1.29, 1.82) is 0 Å². The Balaban J connectivity index is 1.52. The Morgan fingerprint density at radius 1 is 1.10 bits per heavy atom. The van der Waals surface area contributed by atoms with E-state index in [1.165, 1.54) is 0 Å². The average Bonchev–Trinajstić information content (AvgIpc) is 3.15. The van der Waals surface area contributed by atoms with Gasteiger partial charge in [0.05, 0.1) is 18.4 Å². The highest BCUT2D eigenvalue weighted by atomic mass is 35.5. The van der Waals surface area contributed by atoms with Crippen LogP contribution in [-0.4, -0.2) is 32.5 Å². The number of benzene rings is 2. The molecule has 0 fully saturated rings. The third kappa shape index (κ3) is 3.25. The SMILES string of the molecule is COc1ccc(-c2nc3nc4c(cn3n2)C(=O)C[C@H](c2cccc(Cl)c2)C4)cc1. The van der Waals surface area contributed by atoms with Gasteiger partial charge in [-0.25, -0.2) is 9.50 Å². The Labute approximate surface area is 172 Å². The molecule has 0 saturated carbocycles. The zero-order chi connectivity index (χ0) is 20.0. The summed E-state index contributed by atoms with van der Waals surface area (Å²) in [5, 5.41) is 5.17. The number of fused-ring (bicyclic) bond motifs is 2. The lowest BCUT2D eigenvalue weighted by Gasteiger charge is -2.23. The number of hydrogen-bond acceptors (Lipinski definition) is 5. The topological polar surface area (TPSA) is 69.4 Å². The Kier molecular flexibility index (Phi) is 4.28. The molecule has 1 aliphatic rings. The van der Waals surface area contributed by atoms with Crippen LogP contribution in [0.5, 0.6) is 5.75 Å². The van der Waals surface area contributed by atoms with E-state index >= 15 is 0 Å². The highest BCUT2D eigenvalue weighted by Gasteiger charge is 2.28. The second kappa shape index (κ2) is 6.97. The average molecular weight is 405 g/mol. The normalized spacial score (nSPS) is 16.1. The predicted octanol–water partition coefficient (Wildman–Crippen LogP) is 4.37. The molecule has 1 atom stereocenters. The maximum atomic E-state index is 12.8. The minimum atomic E-state index is 0.0622. The number of nitrogens with zero attached hydrogens (tertiary/aromatic N) is 4. The zero-order valence-electron chi connectivity index (χ0n) is 15.7. The van der Waals surface area contributed by atoms with Crippen molar-refractivity contribution < 1.29 is 9.53 Å². The fraction of sp³-hybridized carbons (Fsp3) is 0.182. The molecule has 6 nitrogen and oxygen atoms in total. The smallest absolute Gasteiger partial charge is 0.252 e. The van der Waals surface area contributed by atoms with E-state index in [2.05, 4.69) is 15.1 Å². The van der Waals surface area contributed by atoms with Gasteiger partial charge in [0.1, 0.15) is 5.75 Å². The van der Waals surface area contributed by atoms with Gasteiger partial charge in [0.15, 0.2) is 11.6 Å². The van der Waals surface area contributed by atoms with Gasteiger partial charge in [-0.2, -0.15) is 4.98 Å². The van der Waals surface area contributed by atoms with Crippen LogP contribution in [0.3, 0.4) is 0 Å². The number of ketones is 1. The molecule has 0 N–H and O–H groups in total. The maximum Gasteiger partial charge on any atom is 0.252 e. The van der Waals surface area contributed by atoms with Crippen LogP contribution in [0, 0.1) is 0 Å². The molecule has 2 heterocycles. The molecule has 4 aromatic rings. The minimum Gasteiger partial charge on any atom is -0.497 e. The van der Waals surface area contributed by atoms with E-state index in [4.69, 9.17) is 16.3 Å². The van der Waals surface area contributed by atoms with Crippen LogP contribution in [-0.2, 0) is 6.42 Å². The van der Waals surface area contributed by atoms with Gasteiger partial charge in [0.2, 0.25) is 0 Å². The number of rotatable bonds is 3. The molecule has 2 aromatic carbocycles. The summed E-state index contributed by atoms with van der Waals surface area (Å²) in [6.45, 7) is 0. The number of carbonyl (C=O) groups excluding carboxylic acids is 1. The van der Waals surface area contributed by atoms with E-state index in [1.807, 2.05) is 48.5 Å². The molecule has 0 unspecified atom stereocenters. The monoisotopic (exact) mass is 404 g/mol. The molecule has 1 aliphatic carbocycles. The number of hydrogen-bond donors (Lipinski definition) is 0. The van der Waals surface area contributed by atoms with Gasteiger partial charge in [-0.1, -0.05) is 23.7 Å². The van der Waals surface area contributed by atoms with Crippen molar-refractivity contribution in [3.8, 4) is 17.1 Å². The number of ether oxygens (including phenoxy) is 1. The van der Waals surface area contributed by atoms with Crippen LogP contribution in [0.15, 0.2) is 54.7 Å². The number of carbonyl (C=O) groups is 1. The molecule has 0 aliphatic heterocycles. The molecular formula is C22H17ClN4O2. The fourth-order valence-corrected chi connectivity index (χ4v) is 3.94. The third-order valence-corrected chi connectivity index (χ3v) is 5.49. The molecule has 5 rings (SSSR count). The van der Waals surface area contributed by atoms with Crippen molar-refractivity contribution in [3.05, 3.63) is 76.6 Å².